The van der Waals surface area contributed by atoms with Crippen LogP contribution in [0.15, 0.2) is 24.3 Å². The number of anilines is 1. The molecule has 5 heteroatoms. The molecule has 20 heavy (non-hydrogen) atoms. The van der Waals surface area contributed by atoms with Crippen molar-refractivity contribution in [2.45, 2.75) is 26.3 Å². The van der Waals surface area contributed by atoms with Gasteiger partial charge < -0.3 is 4.90 Å². The van der Waals surface area contributed by atoms with Crippen molar-refractivity contribution in [3.05, 3.63) is 45.4 Å². The lowest BCUT2D eigenvalue weighted by Gasteiger charge is -2.15. The number of aldehydes is 1. The summed E-state index contributed by atoms with van der Waals surface area (Å²) in [6.45, 7) is 4.80. The van der Waals surface area contributed by atoms with Crippen LogP contribution in [-0.4, -0.2) is 18.3 Å². The second-order valence-corrected chi connectivity index (χ2v) is 6.45. The lowest BCUT2D eigenvalue weighted by molar-refractivity contribution is 0.112. The van der Waals surface area contributed by atoms with E-state index >= 15 is 0 Å². The number of nitrogens with zero attached hydrogens (tertiary/aromatic N) is 2. The summed E-state index contributed by atoms with van der Waals surface area (Å²) in [5.74, 6) is 0.250. The van der Waals surface area contributed by atoms with Crippen molar-refractivity contribution in [1.82, 2.24) is 4.98 Å². The molecule has 2 aromatic rings. The minimum absolute atomic E-state index is 0.250. The zero-order valence-corrected chi connectivity index (χ0v) is 13.3. The number of halogens is 1. The predicted molar refractivity (Wildman–Crippen MR) is 85.1 cm³/mol. The summed E-state index contributed by atoms with van der Waals surface area (Å²) in [5.41, 5.74) is 1.99. The number of rotatable bonds is 5. The molecule has 0 unspecified atom stereocenters. The molecule has 0 aliphatic carbocycles. The summed E-state index contributed by atoms with van der Waals surface area (Å²) in [7, 11) is 1.97. The van der Waals surface area contributed by atoms with Gasteiger partial charge in [-0.25, -0.2) is 4.98 Å². The Morgan fingerprint density at radius 3 is 2.75 bits per heavy atom. The third-order valence-corrected chi connectivity index (χ3v) is 4.30. The summed E-state index contributed by atoms with van der Waals surface area (Å²) in [4.78, 5) is 18.4. The van der Waals surface area contributed by atoms with Gasteiger partial charge in [-0.1, -0.05) is 48.9 Å². The molecule has 0 amide bonds. The Labute approximate surface area is 128 Å². The lowest BCUT2D eigenvalue weighted by atomic mass is 10.1. The zero-order valence-electron chi connectivity index (χ0n) is 11.8. The third kappa shape index (κ3) is 3.38. The molecule has 0 fully saturated rings. The van der Waals surface area contributed by atoms with Gasteiger partial charge in [0.2, 0.25) is 0 Å². The molecule has 1 aromatic heterocycles. The Balaban J connectivity index is 2.21. The molecule has 0 N–H and O–H groups in total. The van der Waals surface area contributed by atoms with Crippen LogP contribution in [0.1, 0.15) is 40.7 Å². The monoisotopic (exact) mass is 308 g/mol. The number of aromatic nitrogens is 1. The highest BCUT2D eigenvalue weighted by Gasteiger charge is 2.16. The molecule has 0 spiro atoms. The molecule has 1 heterocycles. The van der Waals surface area contributed by atoms with E-state index in [9.17, 15) is 4.79 Å². The number of thiazole rings is 1. The highest BCUT2D eigenvalue weighted by molar-refractivity contribution is 7.17. The molecule has 0 atom stereocenters. The molecular formula is C15H17ClN2OS. The van der Waals surface area contributed by atoms with Crippen LogP contribution in [0, 0.1) is 0 Å². The first-order valence-corrected chi connectivity index (χ1v) is 7.62. The largest absolute Gasteiger partial charge is 0.347 e. The summed E-state index contributed by atoms with van der Waals surface area (Å²) in [6.07, 6.45) is 0.893. The van der Waals surface area contributed by atoms with Crippen LogP contribution < -0.4 is 4.90 Å². The van der Waals surface area contributed by atoms with E-state index in [0.29, 0.717) is 11.4 Å². The van der Waals surface area contributed by atoms with E-state index < -0.39 is 0 Å². The minimum Gasteiger partial charge on any atom is -0.347 e. The normalized spacial score (nSPS) is 10.8. The SMILES string of the molecule is CC(C)c1nc(N(C)Cc2cccc(Cl)c2)sc1C=O. The van der Waals surface area contributed by atoms with Gasteiger partial charge in [0.1, 0.15) is 0 Å². The lowest BCUT2D eigenvalue weighted by Crippen LogP contribution is -2.16. The van der Waals surface area contributed by atoms with Crippen LogP contribution in [0.4, 0.5) is 5.13 Å². The van der Waals surface area contributed by atoms with Crippen molar-refractivity contribution in [2.24, 2.45) is 0 Å². The maximum atomic E-state index is 11.1. The Kier molecular flexibility index (Phi) is 4.78. The van der Waals surface area contributed by atoms with Gasteiger partial charge in [0.05, 0.1) is 10.6 Å². The van der Waals surface area contributed by atoms with Gasteiger partial charge in [-0.2, -0.15) is 0 Å². The number of hydrogen-bond donors (Lipinski definition) is 0. The molecule has 3 nitrogen and oxygen atoms in total. The van der Waals surface area contributed by atoms with Gasteiger partial charge in [0, 0.05) is 18.6 Å². The molecule has 2 rings (SSSR count). The molecular weight excluding hydrogens is 292 g/mol. The van der Waals surface area contributed by atoms with E-state index in [4.69, 9.17) is 11.6 Å². The highest BCUT2D eigenvalue weighted by Crippen LogP contribution is 2.29. The van der Waals surface area contributed by atoms with Crippen LogP contribution in [-0.2, 0) is 6.54 Å². The molecule has 0 bridgehead atoms. The highest BCUT2D eigenvalue weighted by atomic mass is 35.5. The predicted octanol–water partition coefficient (Wildman–Crippen LogP) is 4.37. The van der Waals surface area contributed by atoms with Gasteiger partial charge >= 0.3 is 0 Å². The van der Waals surface area contributed by atoms with Crippen LogP contribution in [0.3, 0.4) is 0 Å². The Morgan fingerprint density at radius 2 is 2.20 bits per heavy atom. The van der Waals surface area contributed by atoms with Crippen molar-refractivity contribution in [3.8, 4) is 0 Å². The van der Waals surface area contributed by atoms with E-state index in [1.165, 1.54) is 11.3 Å². The third-order valence-electron chi connectivity index (χ3n) is 2.96. The van der Waals surface area contributed by atoms with Gasteiger partial charge in [-0.05, 0) is 23.6 Å². The molecule has 0 radical (unpaired) electrons. The van der Waals surface area contributed by atoms with E-state index in [0.717, 1.165) is 27.7 Å². The first-order valence-electron chi connectivity index (χ1n) is 6.42. The van der Waals surface area contributed by atoms with E-state index in [1.54, 1.807) is 0 Å². The minimum atomic E-state index is 0.250. The maximum Gasteiger partial charge on any atom is 0.186 e. The van der Waals surface area contributed by atoms with Crippen molar-refractivity contribution in [3.63, 3.8) is 0 Å². The van der Waals surface area contributed by atoms with Gasteiger partial charge in [-0.3, -0.25) is 4.79 Å². The molecule has 0 saturated heterocycles. The van der Waals surface area contributed by atoms with E-state index in [-0.39, 0.29) is 5.92 Å². The molecule has 106 valence electrons. The van der Waals surface area contributed by atoms with Crippen LogP contribution in [0.5, 0.6) is 0 Å². The molecule has 0 aliphatic heterocycles. The fourth-order valence-corrected chi connectivity index (χ4v) is 3.18. The first kappa shape index (κ1) is 15.0. The van der Waals surface area contributed by atoms with Gasteiger partial charge in [-0.15, -0.1) is 0 Å². The number of hydrogen-bond acceptors (Lipinski definition) is 4. The van der Waals surface area contributed by atoms with Crippen molar-refractivity contribution in [2.75, 3.05) is 11.9 Å². The maximum absolute atomic E-state index is 11.1. The van der Waals surface area contributed by atoms with Crippen molar-refractivity contribution < 1.29 is 4.79 Å². The second-order valence-electron chi connectivity index (χ2n) is 5.00. The molecule has 0 aliphatic rings. The fraction of sp³-hybridized carbons (Fsp3) is 0.333. The number of carbonyl (C=O) groups is 1. The summed E-state index contributed by atoms with van der Waals surface area (Å²) < 4.78 is 0. The summed E-state index contributed by atoms with van der Waals surface area (Å²) in [6, 6.07) is 7.76. The van der Waals surface area contributed by atoms with Crippen molar-refractivity contribution >= 4 is 34.4 Å². The van der Waals surface area contributed by atoms with Gasteiger partial charge in [0.25, 0.3) is 0 Å². The van der Waals surface area contributed by atoms with Crippen LogP contribution >= 0.6 is 22.9 Å². The Hall–Kier alpha value is -1.39. The van der Waals surface area contributed by atoms with Crippen molar-refractivity contribution in [1.29, 1.82) is 0 Å². The smallest absolute Gasteiger partial charge is 0.186 e. The van der Waals surface area contributed by atoms with Crippen LogP contribution in [0.25, 0.3) is 0 Å². The summed E-state index contributed by atoms with van der Waals surface area (Å²) in [5, 5.41) is 1.59. The van der Waals surface area contributed by atoms with Crippen LogP contribution in [0.2, 0.25) is 5.02 Å². The Morgan fingerprint density at radius 1 is 1.45 bits per heavy atom. The number of carbonyl (C=O) groups excluding carboxylic acids is 1. The molecule has 1 aromatic carbocycles. The quantitative estimate of drug-likeness (QED) is 0.769. The van der Waals surface area contributed by atoms with E-state index in [2.05, 4.69) is 4.98 Å². The molecule has 0 saturated carbocycles. The average Bonchev–Trinajstić information content (AvgIpc) is 2.83. The van der Waals surface area contributed by atoms with E-state index in [1.807, 2.05) is 50.1 Å². The topological polar surface area (TPSA) is 33.2 Å². The average molecular weight is 309 g/mol. The zero-order chi connectivity index (χ0) is 14.7. The number of benzene rings is 1. The first-order chi connectivity index (χ1) is 9.51. The van der Waals surface area contributed by atoms with Gasteiger partial charge in [0.15, 0.2) is 11.4 Å². The summed E-state index contributed by atoms with van der Waals surface area (Å²) >= 11 is 7.42. The standard InChI is InChI=1S/C15H17ClN2OS/c1-10(2)14-13(9-19)20-15(17-14)18(3)8-11-5-4-6-12(16)7-11/h4-7,9-10H,8H2,1-3H3. The fourth-order valence-electron chi connectivity index (χ4n) is 1.97. The Bertz CT molecular complexity index is 610. The second kappa shape index (κ2) is 6.37.